The van der Waals surface area contributed by atoms with Crippen LogP contribution in [0.15, 0.2) is 12.1 Å². The maximum atomic E-state index is 11.4. The summed E-state index contributed by atoms with van der Waals surface area (Å²) in [7, 11) is 0. The third kappa shape index (κ3) is 4.99. The third-order valence-corrected chi connectivity index (χ3v) is 2.04. The van der Waals surface area contributed by atoms with Gasteiger partial charge >= 0.3 is 6.16 Å². The summed E-state index contributed by atoms with van der Waals surface area (Å²) in [4.78, 5) is 11.4. The van der Waals surface area contributed by atoms with Crippen molar-refractivity contribution in [1.82, 2.24) is 0 Å². The van der Waals surface area contributed by atoms with Crippen molar-refractivity contribution in [3.8, 4) is 17.2 Å². The predicted octanol–water partition coefficient (Wildman–Crippen LogP) is 3.60. The summed E-state index contributed by atoms with van der Waals surface area (Å²) in [5.74, 6) is 1.02. The van der Waals surface area contributed by atoms with Crippen LogP contribution in [0.25, 0.3) is 0 Å². The van der Waals surface area contributed by atoms with Gasteiger partial charge in [0.05, 0.1) is 18.8 Å². The summed E-state index contributed by atoms with van der Waals surface area (Å²) >= 11 is 0. The SMILES string of the molecule is CCOC(=O)Oc1[c]ccc(OC(C)C)c1OC(C)C. The van der Waals surface area contributed by atoms with Crippen molar-refractivity contribution < 1.29 is 23.7 Å². The Morgan fingerprint density at radius 3 is 2.40 bits per heavy atom. The minimum absolute atomic E-state index is 0.0256. The van der Waals surface area contributed by atoms with Crippen LogP contribution in [0.1, 0.15) is 34.6 Å². The van der Waals surface area contributed by atoms with E-state index in [9.17, 15) is 4.79 Å². The van der Waals surface area contributed by atoms with Crippen molar-refractivity contribution in [1.29, 1.82) is 0 Å². The van der Waals surface area contributed by atoms with E-state index in [-0.39, 0.29) is 24.6 Å². The first-order valence-corrected chi connectivity index (χ1v) is 6.66. The summed E-state index contributed by atoms with van der Waals surface area (Å²) in [6, 6.07) is 6.15. The molecule has 0 saturated carbocycles. The molecule has 20 heavy (non-hydrogen) atoms. The summed E-state index contributed by atoms with van der Waals surface area (Å²) in [6.45, 7) is 9.50. The molecule has 5 nitrogen and oxygen atoms in total. The smallest absolute Gasteiger partial charge is 0.487 e. The lowest BCUT2D eigenvalue weighted by atomic mass is 10.3. The lowest BCUT2D eigenvalue weighted by Crippen LogP contribution is -2.15. The van der Waals surface area contributed by atoms with Crippen molar-refractivity contribution in [3.05, 3.63) is 18.2 Å². The molecule has 5 heteroatoms. The zero-order chi connectivity index (χ0) is 15.1. The number of benzene rings is 1. The normalized spacial score (nSPS) is 10.6. The third-order valence-electron chi connectivity index (χ3n) is 2.04. The predicted molar refractivity (Wildman–Crippen MR) is 74.5 cm³/mol. The topological polar surface area (TPSA) is 54.0 Å². The Balaban J connectivity index is 3.04. The van der Waals surface area contributed by atoms with E-state index in [1.807, 2.05) is 27.7 Å². The highest BCUT2D eigenvalue weighted by atomic mass is 16.7. The molecule has 1 rings (SSSR count). The van der Waals surface area contributed by atoms with E-state index in [1.165, 1.54) is 0 Å². The summed E-state index contributed by atoms with van der Waals surface area (Å²) < 4.78 is 21.2. The van der Waals surface area contributed by atoms with Crippen LogP contribution in [0, 0.1) is 6.07 Å². The van der Waals surface area contributed by atoms with Crippen molar-refractivity contribution in [2.24, 2.45) is 0 Å². The first-order chi connectivity index (χ1) is 9.43. The average Bonchev–Trinajstić information content (AvgIpc) is 2.32. The molecule has 0 aliphatic carbocycles. The maximum absolute atomic E-state index is 11.4. The first kappa shape index (κ1) is 16.1. The second-order valence-electron chi connectivity index (χ2n) is 4.62. The molecule has 0 unspecified atom stereocenters. The Hall–Kier alpha value is -1.91. The molecule has 1 radical (unpaired) electrons. The van der Waals surface area contributed by atoms with Gasteiger partial charge in [0.1, 0.15) is 0 Å². The molecular weight excluding hydrogens is 260 g/mol. The molecule has 0 amide bonds. The van der Waals surface area contributed by atoms with E-state index in [2.05, 4.69) is 6.07 Å². The number of hydrogen-bond acceptors (Lipinski definition) is 5. The second-order valence-corrected chi connectivity index (χ2v) is 4.62. The van der Waals surface area contributed by atoms with Gasteiger partial charge in [0, 0.05) is 6.07 Å². The average molecular weight is 281 g/mol. The minimum atomic E-state index is -0.793. The van der Waals surface area contributed by atoms with Crippen LogP contribution >= 0.6 is 0 Å². The van der Waals surface area contributed by atoms with Crippen LogP contribution in [-0.4, -0.2) is 25.0 Å². The largest absolute Gasteiger partial charge is 0.513 e. The molecule has 0 aromatic heterocycles. The Bertz CT molecular complexity index is 440. The van der Waals surface area contributed by atoms with E-state index in [0.717, 1.165) is 0 Å². The lowest BCUT2D eigenvalue weighted by molar-refractivity contribution is 0.101. The fourth-order valence-corrected chi connectivity index (χ4v) is 1.45. The molecule has 0 N–H and O–H groups in total. The Kier molecular flexibility index (Phi) is 6.15. The molecule has 0 aliphatic rings. The van der Waals surface area contributed by atoms with Gasteiger partial charge in [-0.3, -0.25) is 0 Å². The van der Waals surface area contributed by atoms with Crippen molar-refractivity contribution >= 4 is 6.16 Å². The molecule has 0 aliphatic heterocycles. The van der Waals surface area contributed by atoms with Crippen molar-refractivity contribution in [3.63, 3.8) is 0 Å². The Labute approximate surface area is 119 Å². The molecule has 1 aromatic carbocycles. The van der Waals surface area contributed by atoms with E-state index >= 15 is 0 Å². The van der Waals surface area contributed by atoms with Gasteiger partial charge in [0.25, 0.3) is 0 Å². The molecule has 0 fully saturated rings. The van der Waals surface area contributed by atoms with Crippen molar-refractivity contribution in [2.75, 3.05) is 6.61 Å². The quantitative estimate of drug-likeness (QED) is 0.589. The maximum Gasteiger partial charge on any atom is 0.513 e. The van der Waals surface area contributed by atoms with Gasteiger partial charge < -0.3 is 18.9 Å². The van der Waals surface area contributed by atoms with Crippen LogP contribution in [0.3, 0.4) is 0 Å². The van der Waals surface area contributed by atoms with Crippen LogP contribution in [-0.2, 0) is 4.74 Å². The number of hydrogen-bond donors (Lipinski definition) is 0. The summed E-state index contributed by atoms with van der Waals surface area (Å²) in [5, 5.41) is 0. The van der Waals surface area contributed by atoms with Crippen LogP contribution < -0.4 is 14.2 Å². The molecule has 1 aromatic rings. The van der Waals surface area contributed by atoms with Crippen LogP contribution in [0.5, 0.6) is 17.2 Å². The molecule has 0 heterocycles. The zero-order valence-electron chi connectivity index (χ0n) is 12.6. The fourth-order valence-electron chi connectivity index (χ4n) is 1.45. The monoisotopic (exact) mass is 281 g/mol. The van der Waals surface area contributed by atoms with Gasteiger partial charge in [-0.05, 0) is 46.8 Å². The van der Waals surface area contributed by atoms with Crippen LogP contribution in [0.2, 0.25) is 0 Å². The number of ether oxygens (including phenoxy) is 4. The summed E-state index contributed by atoms with van der Waals surface area (Å²) in [6.07, 6.45) is -0.911. The van der Waals surface area contributed by atoms with Gasteiger partial charge in [-0.1, -0.05) is 0 Å². The standard InChI is InChI=1S/C15H21O5/c1-6-17-15(16)20-13-9-7-8-12(18-10(2)3)14(13)19-11(4)5/h7-8,10-11H,6H2,1-5H3. The van der Waals surface area contributed by atoms with E-state index in [4.69, 9.17) is 18.9 Å². The first-order valence-electron chi connectivity index (χ1n) is 6.66. The molecule has 0 bridgehead atoms. The lowest BCUT2D eigenvalue weighted by Gasteiger charge is -2.19. The molecule has 0 atom stereocenters. The molecular formula is C15H21O5. The highest BCUT2D eigenvalue weighted by Gasteiger charge is 2.18. The van der Waals surface area contributed by atoms with Gasteiger partial charge in [-0.25, -0.2) is 4.79 Å². The van der Waals surface area contributed by atoms with Gasteiger partial charge in [0.15, 0.2) is 11.5 Å². The highest BCUT2D eigenvalue weighted by molar-refractivity contribution is 5.66. The van der Waals surface area contributed by atoms with Crippen molar-refractivity contribution in [2.45, 2.75) is 46.8 Å². The zero-order valence-corrected chi connectivity index (χ0v) is 12.6. The second kappa shape index (κ2) is 7.62. The Morgan fingerprint density at radius 1 is 1.20 bits per heavy atom. The minimum Gasteiger partial charge on any atom is -0.487 e. The van der Waals surface area contributed by atoms with E-state index < -0.39 is 6.16 Å². The number of carbonyl (C=O) groups is 1. The molecule has 111 valence electrons. The van der Waals surface area contributed by atoms with Crippen LogP contribution in [0.4, 0.5) is 4.79 Å². The van der Waals surface area contributed by atoms with E-state index in [0.29, 0.717) is 11.5 Å². The highest BCUT2D eigenvalue weighted by Crippen LogP contribution is 2.38. The number of rotatable bonds is 6. The Morgan fingerprint density at radius 2 is 1.85 bits per heavy atom. The van der Waals surface area contributed by atoms with Gasteiger partial charge in [-0.15, -0.1) is 0 Å². The fraction of sp³-hybridized carbons (Fsp3) is 0.533. The number of carbonyl (C=O) groups excluding carboxylic acids is 1. The molecule has 0 saturated heterocycles. The summed E-state index contributed by atoms with van der Waals surface area (Å²) in [5.41, 5.74) is 0. The molecule has 0 spiro atoms. The van der Waals surface area contributed by atoms with E-state index in [1.54, 1.807) is 19.1 Å². The van der Waals surface area contributed by atoms with Gasteiger partial charge in [0.2, 0.25) is 5.75 Å². The van der Waals surface area contributed by atoms with Gasteiger partial charge in [-0.2, -0.15) is 0 Å².